The molecule has 0 aromatic heterocycles. The minimum absolute atomic E-state index is 0.236. The van der Waals surface area contributed by atoms with E-state index in [9.17, 15) is 4.79 Å². The highest BCUT2D eigenvalue weighted by atomic mass is 16.6. The van der Waals surface area contributed by atoms with Crippen molar-refractivity contribution in [2.75, 3.05) is 13.2 Å². The molecule has 4 heteroatoms. The SMILES string of the molecule is CCC(=O)Oc1ccc(OCC2CO2)cc1. The first-order valence-corrected chi connectivity index (χ1v) is 5.33. The van der Waals surface area contributed by atoms with Crippen molar-refractivity contribution >= 4 is 5.97 Å². The quantitative estimate of drug-likeness (QED) is 0.433. The van der Waals surface area contributed by atoms with Crippen LogP contribution in [0.2, 0.25) is 0 Å². The highest BCUT2D eigenvalue weighted by Crippen LogP contribution is 2.19. The van der Waals surface area contributed by atoms with Crippen molar-refractivity contribution in [3.63, 3.8) is 0 Å². The average molecular weight is 222 g/mol. The van der Waals surface area contributed by atoms with Crippen molar-refractivity contribution in [2.45, 2.75) is 19.4 Å². The lowest BCUT2D eigenvalue weighted by atomic mass is 10.3. The second-order valence-electron chi connectivity index (χ2n) is 3.57. The molecule has 1 aromatic rings. The van der Waals surface area contributed by atoms with Crippen LogP contribution in [0.15, 0.2) is 24.3 Å². The van der Waals surface area contributed by atoms with Crippen molar-refractivity contribution in [3.8, 4) is 11.5 Å². The Hall–Kier alpha value is -1.55. The van der Waals surface area contributed by atoms with E-state index in [1.54, 1.807) is 31.2 Å². The van der Waals surface area contributed by atoms with Crippen molar-refractivity contribution in [3.05, 3.63) is 24.3 Å². The van der Waals surface area contributed by atoms with Crippen LogP contribution in [0, 0.1) is 0 Å². The third-order valence-electron chi connectivity index (χ3n) is 2.18. The summed E-state index contributed by atoms with van der Waals surface area (Å²) in [6.07, 6.45) is 0.620. The van der Waals surface area contributed by atoms with Gasteiger partial charge in [-0.05, 0) is 24.3 Å². The van der Waals surface area contributed by atoms with Crippen LogP contribution in [0.3, 0.4) is 0 Å². The molecule has 1 saturated heterocycles. The van der Waals surface area contributed by atoms with Crippen LogP contribution in [0.5, 0.6) is 11.5 Å². The highest BCUT2D eigenvalue weighted by molar-refractivity contribution is 5.71. The zero-order valence-corrected chi connectivity index (χ0v) is 9.14. The van der Waals surface area contributed by atoms with Gasteiger partial charge in [-0.3, -0.25) is 4.79 Å². The molecule has 2 rings (SSSR count). The topological polar surface area (TPSA) is 48.1 Å². The molecule has 0 bridgehead atoms. The summed E-state index contributed by atoms with van der Waals surface area (Å²) in [5, 5.41) is 0. The van der Waals surface area contributed by atoms with Gasteiger partial charge in [0.05, 0.1) is 6.61 Å². The Morgan fingerprint density at radius 3 is 2.56 bits per heavy atom. The molecule has 1 atom stereocenters. The van der Waals surface area contributed by atoms with Crippen molar-refractivity contribution < 1.29 is 19.0 Å². The number of epoxide rings is 1. The molecular weight excluding hydrogens is 208 g/mol. The number of hydrogen-bond acceptors (Lipinski definition) is 4. The first-order valence-electron chi connectivity index (χ1n) is 5.33. The van der Waals surface area contributed by atoms with E-state index in [0.717, 1.165) is 12.4 Å². The van der Waals surface area contributed by atoms with Crippen LogP contribution in [0.4, 0.5) is 0 Å². The largest absolute Gasteiger partial charge is 0.491 e. The number of hydrogen-bond donors (Lipinski definition) is 0. The van der Waals surface area contributed by atoms with Crippen LogP contribution in [0.25, 0.3) is 0 Å². The predicted molar refractivity (Wildman–Crippen MR) is 57.6 cm³/mol. The Morgan fingerprint density at radius 2 is 2.00 bits per heavy atom. The Kier molecular flexibility index (Phi) is 3.41. The van der Waals surface area contributed by atoms with Gasteiger partial charge < -0.3 is 14.2 Å². The molecule has 0 N–H and O–H groups in total. The number of benzene rings is 1. The fourth-order valence-corrected chi connectivity index (χ4v) is 1.16. The van der Waals surface area contributed by atoms with Gasteiger partial charge in [0.15, 0.2) is 0 Å². The number of ether oxygens (including phenoxy) is 3. The second-order valence-corrected chi connectivity index (χ2v) is 3.57. The maximum atomic E-state index is 11.0. The first kappa shape index (κ1) is 11.0. The third kappa shape index (κ3) is 3.24. The molecule has 1 fully saturated rings. The fourth-order valence-electron chi connectivity index (χ4n) is 1.16. The molecule has 1 heterocycles. The van der Waals surface area contributed by atoms with E-state index in [-0.39, 0.29) is 12.1 Å². The van der Waals surface area contributed by atoms with Crippen LogP contribution in [0.1, 0.15) is 13.3 Å². The van der Waals surface area contributed by atoms with Gasteiger partial charge in [-0.1, -0.05) is 6.92 Å². The Bertz CT molecular complexity index is 354. The van der Waals surface area contributed by atoms with Crippen LogP contribution < -0.4 is 9.47 Å². The summed E-state index contributed by atoms with van der Waals surface area (Å²) >= 11 is 0. The van der Waals surface area contributed by atoms with Gasteiger partial charge >= 0.3 is 5.97 Å². The molecule has 4 nitrogen and oxygen atoms in total. The lowest BCUT2D eigenvalue weighted by Crippen LogP contribution is -2.06. The number of carbonyl (C=O) groups is 1. The maximum Gasteiger partial charge on any atom is 0.310 e. The lowest BCUT2D eigenvalue weighted by molar-refractivity contribution is -0.134. The van der Waals surface area contributed by atoms with E-state index >= 15 is 0 Å². The zero-order chi connectivity index (χ0) is 11.4. The molecule has 0 spiro atoms. The molecule has 0 amide bonds. The molecule has 0 saturated carbocycles. The fraction of sp³-hybridized carbons (Fsp3) is 0.417. The summed E-state index contributed by atoms with van der Waals surface area (Å²) in [5.74, 6) is 1.06. The molecule has 1 unspecified atom stereocenters. The smallest absolute Gasteiger partial charge is 0.310 e. The van der Waals surface area contributed by atoms with E-state index in [0.29, 0.717) is 18.8 Å². The van der Waals surface area contributed by atoms with Gasteiger partial charge in [0.1, 0.15) is 24.2 Å². The summed E-state index contributed by atoms with van der Waals surface area (Å²) in [4.78, 5) is 11.0. The monoisotopic (exact) mass is 222 g/mol. The molecule has 1 aliphatic heterocycles. The van der Waals surface area contributed by atoms with Crippen molar-refractivity contribution in [2.24, 2.45) is 0 Å². The van der Waals surface area contributed by atoms with Crippen molar-refractivity contribution in [1.29, 1.82) is 0 Å². The zero-order valence-electron chi connectivity index (χ0n) is 9.14. The molecule has 0 aliphatic carbocycles. The lowest BCUT2D eigenvalue weighted by Gasteiger charge is -2.05. The van der Waals surface area contributed by atoms with Gasteiger partial charge in [-0.2, -0.15) is 0 Å². The minimum atomic E-state index is -0.236. The second kappa shape index (κ2) is 4.99. The standard InChI is InChI=1S/C12H14O4/c1-2-12(13)16-10-5-3-9(4-6-10)14-7-11-8-15-11/h3-6,11H,2,7-8H2,1H3. The summed E-state index contributed by atoms with van der Waals surface area (Å²) in [6, 6.07) is 6.99. The van der Waals surface area contributed by atoms with E-state index in [1.807, 2.05) is 0 Å². The minimum Gasteiger partial charge on any atom is -0.491 e. The number of esters is 1. The van der Waals surface area contributed by atoms with Gasteiger partial charge in [-0.25, -0.2) is 0 Å². The molecule has 16 heavy (non-hydrogen) atoms. The van der Waals surface area contributed by atoms with Gasteiger partial charge in [0.25, 0.3) is 0 Å². The highest BCUT2D eigenvalue weighted by Gasteiger charge is 2.22. The van der Waals surface area contributed by atoms with E-state index in [1.165, 1.54) is 0 Å². The normalized spacial score (nSPS) is 17.9. The molecular formula is C12H14O4. The molecule has 0 radical (unpaired) electrons. The van der Waals surface area contributed by atoms with Gasteiger partial charge in [-0.15, -0.1) is 0 Å². The number of carbonyl (C=O) groups excluding carboxylic acids is 1. The van der Waals surface area contributed by atoms with E-state index in [2.05, 4.69) is 0 Å². The molecule has 86 valence electrons. The van der Waals surface area contributed by atoms with Gasteiger partial charge in [0, 0.05) is 6.42 Å². The van der Waals surface area contributed by atoms with E-state index < -0.39 is 0 Å². The summed E-state index contributed by atoms with van der Waals surface area (Å²) in [6.45, 7) is 3.12. The third-order valence-corrected chi connectivity index (χ3v) is 2.18. The van der Waals surface area contributed by atoms with E-state index in [4.69, 9.17) is 14.2 Å². The Labute approximate surface area is 94.1 Å². The number of rotatable bonds is 5. The molecule has 1 aliphatic rings. The van der Waals surface area contributed by atoms with Crippen LogP contribution in [-0.4, -0.2) is 25.3 Å². The molecule has 1 aromatic carbocycles. The summed E-state index contributed by atoms with van der Waals surface area (Å²) in [5.41, 5.74) is 0. The van der Waals surface area contributed by atoms with Crippen LogP contribution >= 0.6 is 0 Å². The van der Waals surface area contributed by atoms with Crippen LogP contribution in [-0.2, 0) is 9.53 Å². The maximum absolute atomic E-state index is 11.0. The Morgan fingerprint density at radius 1 is 1.38 bits per heavy atom. The Balaban J connectivity index is 1.85. The predicted octanol–water partition coefficient (Wildman–Crippen LogP) is 1.78. The summed E-state index contributed by atoms with van der Waals surface area (Å²) < 4.78 is 15.5. The average Bonchev–Trinajstić information content (AvgIpc) is 3.12. The van der Waals surface area contributed by atoms with Gasteiger partial charge in [0.2, 0.25) is 0 Å². The summed E-state index contributed by atoms with van der Waals surface area (Å²) in [7, 11) is 0. The van der Waals surface area contributed by atoms with Crippen molar-refractivity contribution in [1.82, 2.24) is 0 Å². The first-order chi connectivity index (χ1) is 7.78.